The van der Waals surface area contributed by atoms with E-state index < -0.39 is 0 Å². The molecular weight excluding hydrogens is 244 g/mol. The number of hydrogen-bond acceptors (Lipinski definition) is 2. The highest BCUT2D eigenvalue weighted by Crippen LogP contribution is 2.20. The highest BCUT2D eigenvalue weighted by Gasteiger charge is 2.25. The molecule has 1 saturated carbocycles. The first-order chi connectivity index (χ1) is 9.92. The van der Waals surface area contributed by atoms with E-state index in [1.54, 1.807) is 0 Å². The molecule has 0 aromatic heterocycles. The Kier molecular flexibility index (Phi) is 4.88. The largest absolute Gasteiger partial charge is 0.312 e. The average Bonchev–Trinajstić information content (AvgIpc) is 3.17. The Bertz CT molecular complexity index is 355. The minimum Gasteiger partial charge on any atom is -0.312 e. The van der Waals surface area contributed by atoms with E-state index in [9.17, 15) is 0 Å². The minimum absolute atomic E-state index is 0.596. The van der Waals surface area contributed by atoms with Gasteiger partial charge in [-0.25, -0.2) is 0 Å². The van der Waals surface area contributed by atoms with Gasteiger partial charge in [0.05, 0.1) is 0 Å². The van der Waals surface area contributed by atoms with E-state index >= 15 is 0 Å². The fraction of sp³-hybridized carbons (Fsp3) is 0.556. The number of allylic oxidation sites excluding steroid dienone is 4. The molecule has 2 N–H and O–H groups in total. The van der Waals surface area contributed by atoms with E-state index in [0.717, 1.165) is 13.1 Å². The van der Waals surface area contributed by atoms with Crippen LogP contribution in [0.2, 0.25) is 0 Å². The second kappa shape index (κ2) is 7.05. The molecule has 0 aliphatic heterocycles. The topological polar surface area (TPSA) is 24.1 Å². The summed E-state index contributed by atoms with van der Waals surface area (Å²) < 4.78 is 0. The molecule has 0 spiro atoms. The molecule has 3 aliphatic carbocycles. The van der Waals surface area contributed by atoms with E-state index in [4.69, 9.17) is 0 Å². The van der Waals surface area contributed by atoms with Crippen molar-refractivity contribution in [1.82, 2.24) is 10.6 Å². The van der Waals surface area contributed by atoms with Gasteiger partial charge >= 0.3 is 0 Å². The number of nitrogens with one attached hydrogen (secondary N) is 2. The second-order valence-corrected chi connectivity index (χ2v) is 6.18. The zero-order valence-corrected chi connectivity index (χ0v) is 12.2. The average molecular weight is 270 g/mol. The van der Waals surface area contributed by atoms with Gasteiger partial charge in [-0.3, -0.25) is 0 Å². The Balaban J connectivity index is 1.45. The lowest BCUT2D eigenvalue weighted by molar-refractivity contribution is 0.279. The standard InChI is InChI=1S/C18H26N2/c1-2-8-15(7-1)13-19-17-11-5-6-12-18(17)20-14-16-9-3-4-10-16/h1-4,7-10,15-20H,5-6,11-14H2/t17-,18-/m1/s1. The predicted molar refractivity (Wildman–Crippen MR) is 85.6 cm³/mol. The van der Waals surface area contributed by atoms with Crippen LogP contribution in [0, 0.1) is 11.8 Å². The van der Waals surface area contributed by atoms with Crippen LogP contribution in [0.15, 0.2) is 48.6 Å². The van der Waals surface area contributed by atoms with Gasteiger partial charge in [-0.05, 0) is 12.8 Å². The van der Waals surface area contributed by atoms with Crippen molar-refractivity contribution in [3.63, 3.8) is 0 Å². The highest BCUT2D eigenvalue weighted by molar-refractivity contribution is 5.18. The molecule has 2 nitrogen and oxygen atoms in total. The molecule has 2 heteroatoms. The van der Waals surface area contributed by atoms with Gasteiger partial charge in [-0.1, -0.05) is 61.4 Å². The van der Waals surface area contributed by atoms with E-state index in [0.29, 0.717) is 23.9 Å². The van der Waals surface area contributed by atoms with Crippen molar-refractivity contribution in [3.8, 4) is 0 Å². The maximum Gasteiger partial charge on any atom is 0.0221 e. The van der Waals surface area contributed by atoms with Crippen LogP contribution >= 0.6 is 0 Å². The summed E-state index contributed by atoms with van der Waals surface area (Å²) in [6, 6.07) is 1.28. The molecule has 1 fully saturated rings. The van der Waals surface area contributed by atoms with Crippen LogP contribution in [-0.4, -0.2) is 25.2 Å². The molecule has 0 unspecified atom stereocenters. The van der Waals surface area contributed by atoms with Crippen LogP contribution in [-0.2, 0) is 0 Å². The third-order valence-electron chi connectivity index (χ3n) is 4.65. The monoisotopic (exact) mass is 270 g/mol. The smallest absolute Gasteiger partial charge is 0.0221 e. The van der Waals surface area contributed by atoms with Gasteiger partial charge in [0, 0.05) is 37.0 Å². The summed E-state index contributed by atoms with van der Waals surface area (Å²) in [5.74, 6) is 1.19. The molecule has 0 aromatic carbocycles. The van der Waals surface area contributed by atoms with Crippen LogP contribution in [0.25, 0.3) is 0 Å². The van der Waals surface area contributed by atoms with Gasteiger partial charge < -0.3 is 10.6 Å². The summed E-state index contributed by atoms with van der Waals surface area (Å²) in [4.78, 5) is 0. The van der Waals surface area contributed by atoms with E-state index in [2.05, 4.69) is 59.2 Å². The summed E-state index contributed by atoms with van der Waals surface area (Å²) in [5, 5.41) is 7.58. The highest BCUT2D eigenvalue weighted by atomic mass is 15.0. The minimum atomic E-state index is 0.596. The molecule has 2 atom stereocenters. The van der Waals surface area contributed by atoms with Crippen LogP contribution in [0.3, 0.4) is 0 Å². The predicted octanol–water partition coefficient (Wildman–Crippen LogP) is 2.96. The quantitative estimate of drug-likeness (QED) is 0.775. The Morgan fingerprint density at radius 1 is 0.650 bits per heavy atom. The maximum atomic E-state index is 3.79. The third-order valence-corrected chi connectivity index (χ3v) is 4.65. The molecule has 0 heterocycles. The molecule has 0 amide bonds. The Morgan fingerprint density at radius 2 is 1.05 bits per heavy atom. The van der Waals surface area contributed by atoms with Gasteiger partial charge in [0.2, 0.25) is 0 Å². The third kappa shape index (κ3) is 3.71. The molecule has 108 valence electrons. The van der Waals surface area contributed by atoms with Crippen molar-refractivity contribution in [2.75, 3.05) is 13.1 Å². The molecule has 0 aromatic rings. The zero-order valence-electron chi connectivity index (χ0n) is 12.2. The maximum absolute atomic E-state index is 3.79. The van der Waals surface area contributed by atoms with Crippen molar-refractivity contribution in [3.05, 3.63) is 48.6 Å². The van der Waals surface area contributed by atoms with Crippen LogP contribution in [0.4, 0.5) is 0 Å². The lowest BCUT2D eigenvalue weighted by atomic mass is 9.89. The summed E-state index contributed by atoms with van der Waals surface area (Å²) in [5.41, 5.74) is 0. The van der Waals surface area contributed by atoms with Crippen molar-refractivity contribution in [1.29, 1.82) is 0 Å². The van der Waals surface area contributed by atoms with Gasteiger partial charge in [-0.2, -0.15) is 0 Å². The molecule has 0 bridgehead atoms. The van der Waals surface area contributed by atoms with Crippen LogP contribution in [0.1, 0.15) is 25.7 Å². The fourth-order valence-electron chi connectivity index (χ4n) is 3.42. The first kappa shape index (κ1) is 13.8. The van der Waals surface area contributed by atoms with Gasteiger partial charge in [0.1, 0.15) is 0 Å². The SMILES string of the molecule is C1=CC(CN[C@@H]2CCCC[C@H]2NCC2C=CC=C2)C=C1. The van der Waals surface area contributed by atoms with Crippen LogP contribution < -0.4 is 10.6 Å². The van der Waals surface area contributed by atoms with Gasteiger partial charge in [-0.15, -0.1) is 0 Å². The Hall–Kier alpha value is -1.12. The summed E-state index contributed by atoms with van der Waals surface area (Å²) in [6.07, 6.45) is 23.1. The lowest BCUT2D eigenvalue weighted by Crippen LogP contribution is -2.51. The Labute approximate surface area is 122 Å². The lowest BCUT2D eigenvalue weighted by Gasteiger charge is -2.34. The van der Waals surface area contributed by atoms with Gasteiger partial charge in [0.25, 0.3) is 0 Å². The molecule has 0 saturated heterocycles. The first-order valence-electron chi connectivity index (χ1n) is 8.08. The normalized spacial score (nSPS) is 29.8. The van der Waals surface area contributed by atoms with Crippen LogP contribution in [0.5, 0.6) is 0 Å². The zero-order chi connectivity index (χ0) is 13.6. The molecular formula is C18H26N2. The molecule has 3 aliphatic rings. The summed E-state index contributed by atoms with van der Waals surface area (Å²) in [7, 11) is 0. The second-order valence-electron chi connectivity index (χ2n) is 6.18. The fourth-order valence-corrected chi connectivity index (χ4v) is 3.42. The summed E-state index contributed by atoms with van der Waals surface area (Å²) in [6.45, 7) is 2.16. The summed E-state index contributed by atoms with van der Waals surface area (Å²) >= 11 is 0. The molecule has 3 rings (SSSR count). The van der Waals surface area contributed by atoms with E-state index in [1.165, 1.54) is 25.7 Å². The Morgan fingerprint density at radius 3 is 1.45 bits per heavy atom. The number of rotatable bonds is 6. The van der Waals surface area contributed by atoms with Crippen molar-refractivity contribution in [2.45, 2.75) is 37.8 Å². The van der Waals surface area contributed by atoms with E-state index in [1.807, 2.05) is 0 Å². The first-order valence-corrected chi connectivity index (χ1v) is 8.08. The van der Waals surface area contributed by atoms with Gasteiger partial charge in [0.15, 0.2) is 0 Å². The van der Waals surface area contributed by atoms with Crippen molar-refractivity contribution >= 4 is 0 Å². The van der Waals surface area contributed by atoms with Crippen molar-refractivity contribution < 1.29 is 0 Å². The molecule has 20 heavy (non-hydrogen) atoms. The van der Waals surface area contributed by atoms with E-state index in [-0.39, 0.29) is 0 Å². The van der Waals surface area contributed by atoms with Crippen molar-refractivity contribution in [2.24, 2.45) is 11.8 Å². The molecule has 0 radical (unpaired) electrons. The number of hydrogen-bond donors (Lipinski definition) is 2.